The van der Waals surface area contributed by atoms with Gasteiger partial charge in [-0.1, -0.05) is 12.1 Å². The van der Waals surface area contributed by atoms with Crippen LogP contribution in [-0.2, 0) is 6.42 Å². The fraction of sp³-hybridized carbons (Fsp3) is 0.538. The maximum Gasteiger partial charge on any atom is 0.115 e. The van der Waals surface area contributed by atoms with Crippen LogP contribution in [0.2, 0.25) is 0 Å². The monoisotopic (exact) mass is 203 g/mol. The van der Waals surface area contributed by atoms with Crippen molar-refractivity contribution in [2.75, 3.05) is 0 Å². The Balaban J connectivity index is 1.70. The number of hydrogen-bond donors (Lipinski definition) is 2. The third kappa shape index (κ3) is 1.74. The molecule has 0 radical (unpaired) electrons. The van der Waals surface area contributed by atoms with Gasteiger partial charge in [0.05, 0.1) is 0 Å². The van der Waals surface area contributed by atoms with Gasteiger partial charge in [0.15, 0.2) is 0 Å². The van der Waals surface area contributed by atoms with Gasteiger partial charge < -0.3 is 10.8 Å². The summed E-state index contributed by atoms with van der Waals surface area (Å²) < 4.78 is 0. The first-order valence-corrected chi connectivity index (χ1v) is 5.74. The Kier molecular flexibility index (Phi) is 1.84. The van der Waals surface area contributed by atoms with Crippen LogP contribution in [-0.4, -0.2) is 10.6 Å². The molecule has 2 aliphatic rings. The lowest BCUT2D eigenvalue weighted by Crippen LogP contribution is -2.28. The summed E-state index contributed by atoms with van der Waals surface area (Å²) in [6.45, 7) is 0. The lowest BCUT2D eigenvalue weighted by atomic mass is 10.0. The molecule has 2 saturated carbocycles. The highest BCUT2D eigenvalue weighted by Crippen LogP contribution is 2.56. The highest BCUT2D eigenvalue weighted by molar-refractivity contribution is 5.30. The van der Waals surface area contributed by atoms with Gasteiger partial charge in [-0.3, -0.25) is 0 Å². The maximum absolute atomic E-state index is 9.38. The number of rotatable bonds is 3. The molecule has 15 heavy (non-hydrogen) atoms. The average molecular weight is 203 g/mol. The molecule has 0 saturated heterocycles. The van der Waals surface area contributed by atoms with Crippen molar-refractivity contribution in [1.82, 2.24) is 0 Å². The second-order valence-electron chi connectivity index (χ2n) is 5.23. The molecule has 2 atom stereocenters. The van der Waals surface area contributed by atoms with Gasteiger partial charge in [-0.25, -0.2) is 0 Å². The van der Waals surface area contributed by atoms with Crippen LogP contribution in [0.1, 0.15) is 24.8 Å². The SMILES string of the molecule is NC1(Cc2cccc(O)c2)CC1C1CC1. The summed E-state index contributed by atoms with van der Waals surface area (Å²) in [7, 11) is 0. The summed E-state index contributed by atoms with van der Waals surface area (Å²) in [4.78, 5) is 0. The van der Waals surface area contributed by atoms with Gasteiger partial charge >= 0.3 is 0 Å². The number of nitrogens with two attached hydrogens (primary N) is 1. The summed E-state index contributed by atoms with van der Waals surface area (Å²) in [6.07, 6.45) is 4.85. The molecule has 0 spiro atoms. The number of phenolic OH excluding ortho intramolecular Hbond substituents is 1. The minimum Gasteiger partial charge on any atom is -0.508 e. The molecule has 0 aliphatic heterocycles. The molecule has 0 amide bonds. The molecule has 3 rings (SSSR count). The van der Waals surface area contributed by atoms with Gasteiger partial charge in [-0.15, -0.1) is 0 Å². The summed E-state index contributed by atoms with van der Waals surface area (Å²) in [6, 6.07) is 7.48. The highest BCUT2D eigenvalue weighted by atomic mass is 16.3. The van der Waals surface area contributed by atoms with Crippen molar-refractivity contribution in [1.29, 1.82) is 0 Å². The van der Waals surface area contributed by atoms with Crippen LogP contribution in [0.4, 0.5) is 0 Å². The Morgan fingerprint density at radius 1 is 1.40 bits per heavy atom. The molecule has 0 aromatic heterocycles. The Morgan fingerprint density at radius 2 is 2.20 bits per heavy atom. The zero-order valence-electron chi connectivity index (χ0n) is 8.82. The van der Waals surface area contributed by atoms with Crippen LogP contribution >= 0.6 is 0 Å². The first kappa shape index (κ1) is 9.22. The average Bonchev–Trinajstić information content (AvgIpc) is 3.01. The third-order valence-electron chi connectivity index (χ3n) is 3.81. The van der Waals surface area contributed by atoms with Crippen molar-refractivity contribution in [3.05, 3.63) is 29.8 Å². The van der Waals surface area contributed by atoms with E-state index in [-0.39, 0.29) is 5.54 Å². The van der Waals surface area contributed by atoms with Crippen LogP contribution in [0.25, 0.3) is 0 Å². The number of aromatic hydroxyl groups is 1. The molecule has 2 unspecified atom stereocenters. The predicted octanol–water partition coefficient (Wildman–Crippen LogP) is 2.06. The van der Waals surface area contributed by atoms with E-state index in [1.165, 1.54) is 24.8 Å². The summed E-state index contributed by atoms with van der Waals surface area (Å²) in [5.41, 5.74) is 7.54. The number of hydrogen-bond acceptors (Lipinski definition) is 2. The molecule has 0 bridgehead atoms. The molecule has 1 aromatic carbocycles. The highest BCUT2D eigenvalue weighted by Gasteiger charge is 2.57. The molecular formula is C13H17NO. The topological polar surface area (TPSA) is 46.2 Å². The molecule has 80 valence electrons. The van der Waals surface area contributed by atoms with Crippen LogP contribution in [0.3, 0.4) is 0 Å². The smallest absolute Gasteiger partial charge is 0.115 e. The molecule has 2 fully saturated rings. The molecule has 3 N–H and O–H groups in total. The quantitative estimate of drug-likeness (QED) is 0.790. The van der Waals surface area contributed by atoms with Gasteiger partial charge in [0.25, 0.3) is 0 Å². The number of phenols is 1. The minimum absolute atomic E-state index is 0.0367. The predicted molar refractivity (Wildman–Crippen MR) is 59.6 cm³/mol. The Morgan fingerprint density at radius 3 is 2.87 bits per heavy atom. The van der Waals surface area contributed by atoms with Crippen molar-refractivity contribution < 1.29 is 5.11 Å². The first-order valence-electron chi connectivity index (χ1n) is 5.74. The van der Waals surface area contributed by atoms with E-state index in [0.717, 1.165) is 18.3 Å². The standard InChI is InChI=1S/C13H17NO/c14-13(8-12(13)10-4-5-10)7-9-2-1-3-11(15)6-9/h1-3,6,10,12,15H,4-5,7-8,14H2. The van der Waals surface area contributed by atoms with Crippen LogP contribution in [0.15, 0.2) is 24.3 Å². The van der Waals surface area contributed by atoms with E-state index in [4.69, 9.17) is 5.73 Å². The summed E-state index contributed by atoms with van der Waals surface area (Å²) >= 11 is 0. The fourth-order valence-electron chi connectivity index (χ4n) is 2.73. The van der Waals surface area contributed by atoms with E-state index in [1.807, 2.05) is 12.1 Å². The van der Waals surface area contributed by atoms with Crippen LogP contribution in [0, 0.1) is 11.8 Å². The Bertz CT molecular complexity index is 386. The second-order valence-corrected chi connectivity index (χ2v) is 5.23. The first-order chi connectivity index (χ1) is 7.17. The van der Waals surface area contributed by atoms with Crippen molar-refractivity contribution >= 4 is 0 Å². The zero-order valence-corrected chi connectivity index (χ0v) is 8.82. The van der Waals surface area contributed by atoms with E-state index < -0.39 is 0 Å². The molecule has 2 heteroatoms. The fourth-order valence-corrected chi connectivity index (χ4v) is 2.73. The van der Waals surface area contributed by atoms with E-state index in [0.29, 0.717) is 5.75 Å². The van der Waals surface area contributed by atoms with Gasteiger partial charge in [0.1, 0.15) is 5.75 Å². The van der Waals surface area contributed by atoms with Crippen molar-refractivity contribution in [2.45, 2.75) is 31.2 Å². The van der Waals surface area contributed by atoms with Crippen molar-refractivity contribution in [2.24, 2.45) is 17.6 Å². The van der Waals surface area contributed by atoms with Crippen molar-refractivity contribution in [3.63, 3.8) is 0 Å². The van der Waals surface area contributed by atoms with Gasteiger partial charge in [-0.2, -0.15) is 0 Å². The van der Waals surface area contributed by atoms with Gasteiger partial charge in [0, 0.05) is 5.54 Å². The molecule has 2 nitrogen and oxygen atoms in total. The lowest BCUT2D eigenvalue weighted by Gasteiger charge is -2.11. The van der Waals surface area contributed by atoms with E-state index >= 15 is 0 Å². The second kappa shape index (κ2) is 2.99. The molecule has 2 aliphatic carbocycles. The van der Waals surface area contributed by atoms with Gasteiger partial charge in [0.2, 0.25) is 0 Å². The van der Waals surface area contributed by atoms with Crippen LogP contribution < -0.4 is 5.73 Å². The van der Waals surface area contributed by atoms with E-state index in [1.54, 1.807) is 6.07 Å². The van der Waals surface area contributed by atoms with E-state index in [2.05, 4.69) is 6.07 Å². The summed E-state index contributed by atoms with van der Waals surface area (Å²) in [5, 5.41) is 9.38. The Hall–Kier alpha value is -1.02. The molecule has 0 heterocycles. The molecular weight excluding hydrogens is 186 g/mol. The normalized spacial score (nSPS) is 34.1. The third-order valence-corrected chi connectivity index (χ3v) is 3.81. The van der Waals surface area contributed by atoms with Crippen LogP contribution in [0.5, 0.6) is 5.75 Å². The lowest BCUT2D eigenvalue weighted by molar-refractivity contribution is 0.473. The molecule has 1 aromatic rings. The zero-order chi connectivity index (χ0) is 10.5. The maximum atomic E-state index is 9.38. The van der Waals surface area contributed by atoms with Gasteiger partial charge in [-0.05, 0) is 55.2 Å². The number of benzene rings is 1. The van der Waals surface area contributed by atoms with E-state index in [9.17, 15) is 5.11 Å². The minimum atomic E-state index is 0.0367. The largest absolute Gasteiger partial charge is 0.508 e. The Labute approximate surface area is 90.1 Å². The van der Waals surface area contributed by atoms with Crippen molar-refractivity contribution in [3.8, 4) is 5.75 Å². The summed E-state index contributed by atoms with van der Waals surface area (Å²) in [5.74, 6) is 2.01.